The van der Waals surface area contributed by atoms with Gasteiger partial charge in [-0.25, -0.2) is 0 Å². The van der Waals surface area contributed by atoms with E-state index in [1.54, 1.807) is 0 Å². The first-order chi connectivity index (χ1) is 9.50. The topological polar surface area (TPSA) is 20.2 Å². The van der Waals surface area contributed by atoms with E-state index in [-0.39, 0.29) is 0 Å². The number of rotatable bonds is 4. The molecular weight excluding hydrogens is 272 g/mol. The summed E-state index contributed by atoms with van der Waals surface area (Å²) < 4.78 is 47.7. The van der Waals surface area contributed by atoms with Crippen molar-refractivity contribution >= 4 is 32.5 Å². The van der Waals surface area contributed by atoms with Gasteiger partial charge in [-0.3, -0.25) is 0 Å². The quantitative estimate of drug-likeness (QED) is 0.755. The van der Waals surface area contributed by atoms with Crippen molar-refractivity contribution in [2.24, 2.45) is 0 Å². The van der Waals surface area contributed by atoms with Gasteiger partial charge in [0.15, 0.2) is 8.32 Å². The summed E-state index contributed by atoms with van der Waals surface area (Å²) in [5.74, 6) is 0. The largest absolute Gasteiger partial charge is 0.433 e. The normalized spacial score (nSPS) is 22.9. The van der Waals surface area contributed by atoms with Gasteiger partial charge in [-0.1, -0.05) is 58.9 Å². The first kappa shape index (κ1) is 9.69. The van der Waals surface area contributed by atoms with Crippen molar-refractivity contribution in [2.45, 2.75) is 75.8 Å². The summed E-state index contributed by atoms with van der Waals surface area (Å²) in [5.41, 5.74) is 0. The smallest absolute Gasteiger partial charge is 0.180 e. The Morgan fingerprint density at radius 3 is 1.00 bits per heavy atom. The van der Waals surface area contributed by atoms with Crippen molar-refractivity contribution in [2.75, 3.05) is 0 Å². The zero-order valence-electron chi connectivity index (χ0n) is 18.9. The van der Waals surface area contributed by atoms with Crippen LogP contribution in [0, 0.1) is 0 Å². The molecule has 0 amide bonds. The zero-order chi connectivity index (χ0) is 19.5. The Bertz CT molecular complexity index is 389. The first-order valence-corrected chi connectivity index (χ1v) is 18.7. The molecule has 0 aromatic heterocycles. The summed E-state index contributed by atoms with van der Waals surface area (Å²) in [4.78, 5) is 11.7. The van der Waals surface area contributed by atoms with Crippen LogP contribution in [0.3, 0.4) is 0 Å². The van der Waals surface area contributed by atoms with Gasteiger partial charge >= 0.3 is 0 Å². The average Bonchev–Trinajstić information content (AvgIpc) is 2.05. The fraction of sp³-hybridized carbons (Fsp3) is 1.00. The van der Waals surface area contributed by atoms with Gasteiger partial charge < -0.3 is 4.80 Å². The Balaban J connectivity index is 7.46. The van der Waals surface area contributed by atoms with Crippen LogP contribution in [-0.2, 0) is 0 Å². The van der Waals surface area contributed by atoms with Crippen LogP contribution >= 0.6 is 0 Å². The standard InChI is InChI=1S/C12H34OSi4/c1-14(2,3)12(15(4,5)6,16(7,8)9)17(10,11)13/h13H,1-11H3/i10D3,11D3. The summed E-state index contributed by atoms with van der Waals surface area (Å²) in [6.07, 6.45) is 0. The Hall–Kier alpha value is 0.828. The molecule has 0 fully saturated rings. The molecule has 0 aliphatic heterocycles. The monoisotopic (exact) mass is 312 g/mol. The second-order valence-corrected chi connectivity index (χ2v) is 29.1. The van der Waals surface area contributed by atoms with Crippen molar-refractivity contribution < 1.29 is 13.0 Å². The molecule has 0 atom stereocenters. The molecule has 0 saturated heterocycles. The first-order valence-electron chi connectivity index (χ1n) is 9.22. The van der Waals surface area contributed by atoms with Gasteiger partial charge in [0.25, 0.3) is 0 Å². The van der Waals surface area contributed by atoms with Crippen LogP contribution in [0.5, 0.6) is 0 Å². The Labute approximate surface area is 122 Å². The predicted octanol–water partition coefficient (Wildman–Crippen LogP) is 4.56. The van der Waals surface area contributed by atoms with Crippen LogP contribution in [0.2, 0.25) is 75.8 Å². The summed E-state index contributed by atoms with van der Waals surface area (Å²) in [5, 5.41) is 0. The maximum Gasteiger partial charge on any atom is 0.180 e. The van der Waals surface area contributed by atoms with E-state index < -0.39 is 49.4 Å². The van der Waals surface area contributed by atoms with Crippen molar-refractivity contribution in [3.05, 3.63) is 0 Å². The van der Waals surface area contributed by atoms with E-state index in [0.29, 0.717) is 0 Å². The molecule has 0 aliphatic rings. The van der Waals surface area contributed by atoms with Gasteiger partial charge in [-0.05, 0) is 16.9 Å². The van der Waals surface area contributed by atoms with Crippen molar-refractivity contribution in [3.8, 4) is 0 Å². The molecule has 5 heteroatoms. The highest BCUT2D eigenvalue weighted by Crippen LogP contribution is 2.58. The number of hydrogen-bond donors (Lipinski definition) is 1. The summed E-state index contributed by atoms with van der Waals surface area (Å²) >= 11 is 0. The molecule has 0 spiro atoms. The Morgan fingerprint density at radius 1 is 0.706 bits per heavy atom. The lowest BCUT2D eigenvalue weighted by Gasteiger charge is -2.63. The molecule has 0 aromatic carbocycles. The molecule has 17 heavy (non-hydrogen) atoms. The maximum atomic E-state index is 11.7. The zero-order valence-corrected chi connectivity index (χ0v) is 16.9. The predicted molar refractivity (Wildman–Crippen MR) is 92.4 cm³/mol. The van der Waals surface area contributed by atoms with E-state index in [9.17, 15) is 4.80 Å². The summed E-state index contributed by atoms with van der Waals surface area (Å²) in [6, 6.07) is 0. The van der Waals surface area contributed by atoms with Crippen molar-refractivity contribution in [3.63, 3.8) is 0 Å². The van der Waals surface area contributed by atoms with Crippen LogP contribution in [0.1, 0.15) is 8.22 Å². The van der Waals surface area contributed by atoms with Crippen LogP contribution in [0.4, 0.5) is 0 Å². The molecule has 0 saturated carbocycles. The fourth-order valence-electron chi connectivity index (χ4n) is 5.00. The second-order valence-electron chi connectivity index (χ2n) is 8.21. The van der Waals surface area contributed by atoms with E-state index in [1.165, 1.54) is 0 Å². The minimum absolute atomic E-state index is 0.878. The van der Waals surface area contributed by atoms with Crippen LogP contribution in [0.15, 0.2) is 0 Å². The highest BCUT2D eigenvalue weighted by atomic mass is 28.5. The third-order valence-corrected chi connectivity index (χ3v) is 35.3. The Kier molecular flexibility index (Phi) is 2.53. The lowest BCUT2D eigenvalue weighted by Crippen LogP contribution is -2.75. The molecule has 104 valence electrons. The maximum absolute atomic E-state index is 11.7. The molecule has 0 aromatic rings. The lowest BCUT2D eigenvalue weighted by atomic mass is 11.6. The molecule has 1 nitrogen and oxygen atoms in total. The summed E-state index contributed by atoms with van der Waals surface area (Å²) in [7, 11) is -11.7. The van der Waals surface area contributed by atoms with Crippen LogP contribution in [0.25, 0.3) is 0 Å². The summed E-state index contributed by atoms with van der Waals surface area (Å²) in [6.45, 7) is 12.8. The van der Waals surface area contributed by atoms with Gasteiger partial charge in [-0.2, -0.15) is 0 Å². The van der Waals surface area contributed by atoms with E-state index in [4.69, 9.17) is 8.22 Å². The average molecular weight is 313 g/mol. The number of hydrogen-bond acceptors (Lipinski definition) is 1. The van der Waals surface area contributed by atoms with Crippen molar-refractivity contribution in [1.29, 1.82) is 0 Å². The second kappa shape index (κ2) is 4.44. The molecule has 0 rings (SSSR count). The van der Waals surface area contributed by atoms with Gasteiger partial charge in [-0.15, -0.1) is 0 Å². The third kappa shape index (κ3) is 2.73. The lowest BCUT2D eigenvalue weighted by molar-refractivity contribution is 0.543. The van der Waals surface area contributed by atoms with Crippen LogP contribution in [-0.4, -0.2) is 37.3 Å². The third-order valence-electron chi connectivity index (χ3n) is 3.92. The fourth-order valence-corrected chi connectivity index (χ4v) is 45.0. The molecule has 0 heterocycles. The van der Waals surface area contributed by atoms with Gasteiger partial charge in [0.1, 0.15) is 0 Å². The molecule has 0 unspecified atom stereocenters. The Morgan fingerprint density at radius 2 is 0.941 bits per heavy atom. The molecule has 0 radical (unpaired) electrons. The molecule has 0 bridgehead atoms. The highest BCUT2D eigenvalue weighted by Gasteiger charge is 2.67. The van der Waals surface area contributed by atoms with Gasteiger partial charge in [0, 0.05) is 32.4 Å². The highest BCUT2D eigenvalue weighted by molar-refractivity contribution is 7.28. The SMILES string of the molecule is [2H]C([2H])([2H])[Si](O)(C([2H])([2H])[2H])C([Si](C)(C)C)([Si](C)(C)C)[Si](C)(C)C. The minimum atomic E-state index is -4.65. The molecular formula is C12H34OSi4. The van der Waals surface area contributed by atoms with E-state index in [2.05, 4.69) is 58.9 Å². The van der Waals surface area contributed by atoms with Gasteiger partial charge in [0.2, 0.25) is 0 Å². The minimum Gasteiger partial charge on any atom is -0.433 e. The van der Waals surface area contributed by atoms with E-state index in [0.717, 1.165) is 0 Å². The molecule has 1 N–H and O–H groups in total. The van der Waals surface area contributed by atoms with Crippen LogP contribution < -0.4 is 0 Å². The van der Waals surface area contributed by atoms with E-state index in [1.807, 2.05) is 0 Å². The van der Waals surface area contributed by atoms with Crippen molar-refractivity contribution in [1.82, 2.24) is 0 Å². The van der Waals surface area contributed by atoms with E-state index >= 15 is 0 Å². The van der Waals surface area contributed by atoms with Gasteiger partial charge in [0.05, 0.1) is 0 Å². The molecule has 0 aliphatic carbocycles.